The lowest BCUT2D eigenvalue weighted by Crippen LogP contribution is -2.32. The molecular formula is C23H18FN3O5. The molecule has 0 aliphatic carbocycles. The number of hydrogen-bond acceptors (Lipinski definition) is 6. The van der Waals surface area contributed by atoms with E-state index in [2.05, 4.69) is 15.8 Å². The fraction of sp³-hybridized carbons (Fsp3) is 0.0435. The van der Waals surface area contributed by atoms with Crippen LogP contribution < -0.4 is 20.2 Å². The number of ether oxygens (including phenoxy) is 2. The average Bonchev–Trinajstić information content (AvgIpc) is 2.80. The molecule has 0 radical (unpaired) electrons. The third kappa shape index (κ3) is 5.99. The van der Waals surface area contributed by atoms with E-state index in [9.17, 15) is 18.8 Å². The van der Waals surface area contributed by atoms with Crippen LogP contribution in [-0.2, 0) is 9.59 Å². The lowest BCUT2D eigenvalue weighted by molar-refractivity contribution is -0.136. The van der Waals surface area contributed by atoms with Crippen molar-refractivity contribution >= 4 is 29.7 Å². The number of rotatable bonds is 6. The highest BCUT2D eigenvalue weighted by molar-refractivity contribution is 6.39. The summed E-state index contributed by atoms with van der Waals surface area (Å²) in [6.45, 7) is 0. The van der Waals surface area contributed by atoms with Crippen LogP contribution in [0.25, 0.3) is 0 Å². The second-order valence-corrected chi connectivity index (χ2v) is 6.32. The van der Waals surface area contributed by atoms with Crippen molar-refractivity contribution in [2.75, 3.05) is 12.4 Å². The van der Waals surface area contributed by atoms with Crippen LogP contribution in [0.1, 0.15) is 15.9 Å². The van der Waals surface area contributed by atoms with Gasteiger partial charge in [0.15, 0.2) is 0 Å². The van der Waals surface area contributed by atoms with Gasteiger partial charge in [0.05, 0.1) is 18.9 Å². The van der Waals surface area contributed by atoms with Gasteiger partial charge in [-0.1, -0.05) is 12.1 Å². The minimum Gasteiger partial charge on any atom is -0.497 e. The van der Waals surface area contributed by atoms with Crippen molar-refractivity contribution < 1.29 is 28.2 Å². The van der Waals surface area contributed by atoms with Gasteiger partial charge in [-0.15, -0.1) is 0 Å². The summed E-state index contributed by atoms with van der Waals surface area (Å²) in [7, 11) is 1.52. The zero-order chi connectivity index (χ0) is 22.9. The van der Waals surface area contributed by atoms with Crippen LogP contribution in [0.3, 0.4) is 0 Å². The van der Waals surface area contributed by atoms with Gasteiger partial charge in [-0.25, -0.2) is 14.6 Å². The van der Waals surface area contributed by atoms with Gasteiger partial charge < -0.3 is 14.8 Å². The number of benzene rings is 3. The molecule has 9 heteroatoms. The summed E-state index contributed by atoms with van der Waals surface area (Å²) in [6.07, 6.45) is 1.31. The molecular weight excluding hydrogens is 417 g/mol. The van der Waals surface area contributed by atoms with Gasteiger partial charge >= 0.3 is 17.8 Å². The summed E-state index contributed by atoms with van der Waals surface area (Å²) in [6, 6.07) is 18.1. The molecule has 0 fully saturated rings. The Morgan fingerprint density at radius 1 is 0.875 bits per heavy atom. The van der Waals surface area contributed by atoms with Crippen molar-refractivity contribution in [3.8, 4) is 11.5 Å². The topological polar surface area (TPSA) is 106 Å². The van der Waals surface area contributed by atoms with Crippen molar-refractivity contribution in [2.45, 2.75) is 0 Å². The first kappa shape index (κ1) is 22.2. The number of esters is 1. The Kier molecular flexibility index (Phi) is 7.26. The maximum Gasteiger partial charge on any atom is 0.346 e. The SMILES string of the molecule is COc1ccc(NC(=O)C(=O)N/N=C\c2ccc(OC(=O)c3ccccc3F)cc2)cc1. The molecule has 0 spiro atoms. The Bertz CT molecular complexity index is 1150. The number of carbonyl (C=O) groups excluding carboxylic acids is 3. The largest absolute Gasteiger partial charge is 0.497 e. The smallest absolute Gasteiger partial charge is 0.346 e. The number of amides is 2. The Labute approximate surface area is 182 Å². The van der Waals surface area contributed by atoms with Crippen LogP contribution in [0.4, 0.5) is 10.1 Å². The van der Waals surface area contributed by atoms with Crippen LogP contribution in [0.5, 0.6) is 11.5 Å². The first-order chi connectivity index (χ1) is 15.5. The normalized spacial score (nSPS) is 10.4. The zero-order valence-corrected chi connectivity index (χ0v) is 16.9. The summed E-state index contributed by atoms with van der Waals surface area (Å²) in [5, 5.41) is 6.15. The Morgan fingerprint density at radius 3 is 2.19 bits per heavy atom. The third-order valence-corrected chi connectivity index (χ3v) is 4.12. The van der Waals surface area contributed by atoms with Crippen molar-refractivity contribution in [1.82, 2.24) is 5.43 Å². The van der Waals surface area contributed by atoms with Gasteiger partial charge in [-0.3, -0.25) is 9.59 Å². The van der Waals surface area contributed by atoms with Crippen molar-refractivity contribution in [2.24, 2.45) is 5.10 Å². The molecule has 2 amide bonds. The molecule has 3 rings (SSSR count). The lowest BCUT2D eigenvalue weighted by atomic mass is 10.2. The number of methoxy groups -OCH3 is 1. The summed E-state index contributed by atoms with van der Waals surface area (Å²) in [5.41, 5.74) is 2.93. The average molecular weight is 435 g/mol. The highest BCUT2D eigenvalue weighted by atomic mass is 19.1. The number of nitrogens with one attached hydrogen (secondary N) is 2. The van der Waals surface area contributed by atoms with Gasteiger partial charge in [0.1, 0.15) is 17.3 Å². The standard InChI is InChI=1S/C23H18FN3O5/c1-31-17-12-8-16(9-13-17)26-21(28)22(29)27-25-14-15-6-10-18(11-7-15)32-23(30)19-4-2-3-5-20(19)24/h2-14H,1H3,(H,26,28)(H,27,29)/b25-14-. The van der Waals surface area contributed by atoms with Crippen LogP contribution in [0, 0.1) is 5.82 Å². The van der Waals surface area contributed by atoms with Crippen molar-refractivity contribution in [3.63, 3.8) is 0 Å². The summed E-state index contributed by atoms with van der Waals surface area (Å²) in [4.78, 5) is 35.8. The number of nitrogens with zero attached hydrogens (tertiary/aromatic N) is 1. The summed E-state index contributed by atoms with van der Waals surface area (Å²) < 4.78 is 23.8. The fourth-order valence-corrected chi connectivity index (χ4v) is 2.49. The number of halogens is 1. The summed E-state index contributed by atoms with van der Waals surface area (Å²) in [5.74, 6) is -2.51. The monoisotopic (exact) mass is 435 g/mol. The second kappa shape index (κ2) is 10.5. The van der Waals surface area contributed by atoms with Crippen molar-refractivity contribution in [3.05, 3.63) is 89.7 Å². The third-order valence-electron chi connectivity index (χ3n) is 4.12. The first-order valence-corrected chi connectivity index (χ1v) is 9.31. The van der Waals surface area contributed by atoms with Gasteiger partial charge in [-0.2, -0.15) is 5.10 Å². The molecule has 0 aromatic heterocycles. The van der Waals surface area contributed by atoms with Crippen LogP contribution in [-0.4, -0.2) is 31.1 Å². The molecule has 0 saturated heterocycles. The molecule has 0 atom stereocenters. The van der Waals surface area contributed by atoms with E-state index in [1.54, 1.807) is 36.4 Å². The minimum absolute atomic E-state index is 0.172. The Morgan fingerprint density at radius 2 is 1.53 bits per heavy atom. The molecule has 0 bridgehead atoms. The molecule has 0 aliphatic rings. The van der Waals surface area contributed by atoms with Gasteiger partial charge in [0, 0.05) is 5.69 Å². The van der Waals surface area contributed by atoms with E-state index in [0.29, 0.717) is 17.0 Å². The predicted octanol–water partition coefficient (Wildman–Crippen LogP) is 3.14. The maximum atomic E-state index is 13.6. The number of hydrazone groups is 1. The van der Waals surface area contributed by atoms with Crippen LogP contribution in [0.2, 0.25) is 0 Å². The molecule has 32 heavy (non-hydrogen) atoms. The molecule has 3 aromatic carbocycles. The van der Waals surface area contributed by atoms with E-state index in [1.807, 2.05) is 0 Å². The quantitative estimate of drug-likeness (QED) is 0.203. The van der Waals surface area contributed by atoms with E-state index in [-0.39, 0.29) is 11.3 Å². The number of hydrogen-bond donors (Lipinski definition) is 2. The molecule has 0 unspecified atom stereocenters. The molecule has 0 heterocycles. The van der Waals surface area contributed by atoms with Gasteiger partial charge in [0.25, 0.3) is 0 Å². The zero-order valence-electron chi connectivity index (χ0n) is 16.9. The van der Waals surface area contributed by atoms with Crippen molar-refractivity contribution in [1.29, 1.82) is 0 Å². The van der Waals surface area contributed by atoms with Gasteiger partial charge in [0.2, 0.25) is 0 Å². The highest BCUT2D eigenvalue weighted by Gasteiger charge is 2.14. The highest BCUT2D eigenvalue weighted by Crippen LogP contribution is 2.16. The predicted molar refractivity (Wildman–Crippen MR) is 115 cm³/mol. The van der Waals surface area contributed by atoms with E-state index >= 15 is 0 Å². The van der Waals surface area contributed by atoms with E-state index in [1.165, 1.54) is 49.7 Å². The lowest BCUT2D eigenvalue weighted by Gasteiger charge is -2.05. The second-order valence-electron chi connectivity index (χ2n) is 6.32. The van der Waals surface area contributed by atoms with Crippen LogP contribution >= 0.6 is 0 Å². The number of anilines is 1. The van der Waals surface area contributed by atoms with E-state index < -0.39 is 23.6 Å². The van der Waals surface area contributed by atoms with Gasteiger partial charge in [-0.05, 0) is 66.2 Å². The van der Waals surface area contributed by atoms with Crippen LogP contribution in [0.15, 0.2) is 77.9 Å². The summed E-state index contributed by atoms with van der Waals surface area (Å²) >= 11 is 0. The number of carbonyl (C=O) groups is 3. The molecule has 0 aliphatic heterocycles. The van der Waals surface area contributed by atoms with E-state index in [0.717, 1.165) is 0 Å². The molecule has 3 aromatic rings. The Hall–Kier alpha value is -4.53. The molecule has 2 N–H and O–H groups in total. The maximum absolute atomic E-state index is 13.6. The van der Waals surface area contributed by atoms with E-state index in [4.69, 9.17) is 9.47 Å². The molecule has 8 nitrogen and oxygen atoms in total. The molecule has 162 valence electrons. The molecule has 0 saturated carbocycles. The fourth-order valence-electron chi connectivity index (χ4n) is 2.49. The minimum atomic E-state index is -0.951. The first-order valence-electron chi connectivity index (χ1n) is 9.31. The Balaban J connectivity index is 1.50.